The molecule has 1 fully saturated rings. The van der Waals surface area contributed by atoms with Crippen LogP contribution in [0.5, 0.6) is 0 Å². The molecule has 9 heteroatoms. The average molecular weight is 423 g/mol. The Morgan fingerprint density at radius 1 is 0.781 bits per heavy atom. The van der Waals surface area contributed by atoms with Gasteiger partial charge in [-0.1, -0.05) is 6.07 Å². The Balaban J connectivity index is 1.27. The van der Waals surface area contributed by atoms with Crippen LogP contribution in [0.25, 0.3) is 33.3 Å². The number of hydrogen-bond acceptors (Lipinski definition) is 7. The first-order valence-electron chi connectivity index (χ1n) is 10.5. The number of aromatic amines is 2. The first-order valence-corrected chi connectivity index (χ1v) is 10.5. The Bertz CT molecular complexity index is 1340. The number of H-pyrrole nitrogens is 2. The molecule has 158 valence electrons. The van der Waals surface area contributed by atoms with Gasteiger partial charge in [-0.25, -0.2) is 15.0 Å². The second-order valence-corrected chi connectivity index (χ2v) is 7.76. The molecule has 0 aliphatic carbocycles. The third kappa shape index (κ3) is 3.33. The molecule has 9 nitrogen and oxygen atoms in total. The van der Waals surface area contributed by atoms with Crippen LogP contribution in [0.15, 0.2) is 67.5 Å². The fourth-order valence-corrected chi connectivity index (χ4v) is 4.20. The number of nitrogens with zero attached hydrogens (tertiary/aromatic N) is 7. The van der Waals surface area contributed by atoms with Crippen LogP contribution < -0.4 is 9.80 Å². The topological polar surface area (TPSA) is 103 Å². The summed E-state index contributed by atoms with van der Waals surface area (Å²) in [5.74, 6) is 1.93. The number of nitrogens with one attached hydrogen (secondary N) is 2. The summed E-state index contributed by atoms with van der Waals surface area (Å²) in [5, 5.41) is 15.8. The summed E-state index contributed by atoms with van der Waals surface area (Å²) in [4.78, 5) is 17.6. The van der Waals surface area contributed by atoms with Gasteiger partial charge in [0.2, 0.25) is 0 Å². The maximum absolute atomic E-state index is 4.64. The number of piperazine rings is 1. The van der Waals surface area contributed by atoms with Crippen LogP contribution in [0, 0.1) is 0 Å². The van der Waals surface area contributed by atoms with E-state index in [-0.39, 0.29) is 0 Å². The second kappa shape index (κ2) is 7.77. The first-order chi connectivity index (χ1) is 15.8. The maximum atomic E-state index is 4.64. The van der Waals surface area contributed by atoms with Crippen LogP contribution in [0.1, 0.15) is 0 Å². The lowest BCUT2D eigenvalue weighted by Crippen LogP contribution is -2.47. The van der Waals surface area contributed by atoms with E-state index >= 15 is 0 Å². The van der Waals surface area contributed by atoms with Gasteiger partial charge in [0.1, 0.15) is 23.7 Å². The molecule has 2 N–H and O–H groups in total. The van der Waals surface area contributed by atoms with E-state index in [4.69, 9.17) is 0 Å². The molecule has 1 saturated heterocycles. The minimum Gasteiger partial charge on any atom is -0.353 e. The zero-order valence-corrected chi connectivity index (χ0v) is 17.3. The Morgan fingerprint density at radius 2 is 1.66 bits per heavy atom. The fourth-order valence-electron chi connectivity index (χ4n) is 4.20. The van der Waals surface area contributed by atoms with Crippen molar-refractivity contribution in [2.75, 3.05) is 36.0 Å². The summed E-state index contributed by atoms with van der Waals surface area (Å²) < 4.78 is 0. The lowest BCUT2D eigenvalue weighted by atomic mass is 10.0. The summed E-state index contributed by atoms with van der Waals surface area (Å²) in [6, 6.07) is 12.4. The highest BCUT2D eigenvalue weighted by atomic mass is 15.3. The minimum atomic E-state index is 0.881. The molecule has 6 rings (SSSR count). The average Bonchev–Trinajstić information content (AvgIpc) is 3.55. The number of benzene rings is 1. The van der Waals surface area contributed by atoms with Crippen molar-refractivity contribution in [1.29, 1.82) is 0 Å². The van der Waals surface area contributed by atoms with Gasteiger partial charge in [-0.3, -0.25) is 10.2 Å². The van der Waals surface area contributed by atoms with Crippen molar-refractivity contribution in [2.45, 2.75) is 0 Å². The smallest absolute Gasteiger partial charge is 0.132 e. The number of rotatable bonds is 4. The van der Waals surface area contributed by atoms with E-state index in [1.165, 1.54) is 0 Å². The van der Waals surface area contributed by atoms with Crippen molar-refractivity contribution in [3.05, 3.63) is 67.5 Å². The molecular formula is C23H21N9. The number of pyridine rings is 1. The fraction of sp³-hybridized carbons (Fsp3) is 0.174. The van der Waals surface area contributed by atoms with Crippen molar-refractivity contribution in [1.82, 2.24) is 35.3 Å². The number of hydrogen-bond donors (Lipinski definition) is 2. The highest BCUT2D eigenvalue weighted by molar-refractivity contribution is 5.95. The molecule has 0 spiro atoms. The van der Waals surface area contributed by atoms with Gasteiger partial charge in [0, 0.05) is 61.3 Å². The quantitative estimate of drug-likeness (QED) is 0.458. The molecule has 1 aliphatic heterocycles. The van der Waals surface area contributed by atoms with E-state index in [2.05, 4.69) is 69.4 Å². The Hall–Kier alpha value is -4.27. The van der Waals surface area contributed by atoms with E-state index in [1.807, 2.05) is 30.7 Å². The van der Waals surface area contributed by atoms with E-state index < -0.39 is 0 Å². The first kappa shape index (κ1) is 18.5. The van der Waals surface area contributed by atoms with Crippen molar-refractivity contribution in [3.8, 4) is 22.4 Å². The molecule has 5 heterocycles. The van der Waals surface area contributed by atoms with E-state index in [0.29, 0.717) is 0 Å². The van der Waals surface area contributed by atoms with Crippen molar-refractivity contribution in [2.24, 2.45) is 0 Å². The van der Waals surface area contributed by atoms with Gasteiger partial charge in [0.25, 0.3) is 0 Å². The molecule has 0 unspecified atom stereocenters. The molecule has 0 radical (unpaired) electrons. The summed E-state index contributed by atoms with van der Waals surface area (Å²) in [7, 11) is 0. The standard InChI is InChI=1S/C23H21N9/c1-2-20-19(11-16(1)18-13-27-28-14-18)23(30-29-20)17-3-6-25-22(12-17)32-9-7-31(8-10-32)21-4-5-24-15-26-21/h1-6,11-15H,7-10H2,(H,27,28)(H,29,30). The lowest BCUT2D eigenvalue weighted by molar-refractivity contribution is 0.641. The Kier molecular flexibility index (Phi) is 4.49. The summed E-state index contributed by atoms with van der Waals surface area (Å²) >= 11 is 0. The van der Waals surface area contributed by atoms with Crippen molar-refractivity contribution in [3.63, 3.8) is 0 Å². The van der Waals surface area contributed by atoms with E-state index in [1.54, 1.807) is 12.5 Å². The highest BCUT2D eigenvalue weighted by Gasteiger charge is 2.20. The van der Waals surface area contributed by atoms with Crippen LogP contribution in [0.4, 0.5) is 11.6 Å². The predicted molar refractivity (Wildman–Crippen MR) is 123 cm³/mol. The van der Waals surface area contributed by atoms with Gasteiger partial charge in [-0.05, 0) is 35.9 Å². The van der Waals surface area contributed by atoms with Crippen LogP contribution in [0.2, 0.25) is 0 Å². The molecule has 4 aromatic heterocycles. The summed E-state index contributed by atoms with van der Waals surface area (Å²) in [6.45, 7) is 3.55. The van der Waals surface area contributed by atoms with Gasteiger partial charge in [0.05, 0.1) is 11.7 Å². The molecule has 32 heavy (non-hydrogen) atoms. The van der Waals surface area contributed by atoms with Gasteiger partial charge >= 0.3 is 0 Å². The third-order valence-electron chi connectivity index (χ3n) is 5.91. The number of anilines is 2. The van der Waals surface area contributed by atoms with Crippen molar-refractivity contribution < 1.29 is 0 Å². The number of aromatic nitrogens is 7. The molecule has 5 aromatic rings. The van der Waals surface area contributed by atoms with Crippen molar-refractivity contribution >= 4 is 22.5 Å². The SMILES string of the molecule is c1cc(N2CCN(c3cc(-c4n[nH]c5ccc(-c6cn[nH]c6)cc45)ccn3)CC2)ncn1. The zero-order valence-electron chi connectivity index (χ0n) is 17.3. The molecular weight excluding hydrogens is 402 g/mol. The summed E-state index contributed by atoms with van der Waals surface area (Å²) in [6.07, 6.45) is 8.96. The maximum Gasteiger partial charge on any atom is 0.132 e. The van der Waals surface area contributed by atoms with Gasteiger partial charge in [-0.2, -0.15) is 10.2 Å². The van der Waals surface area contributed by atoms with Crippen LogP contribution >= 0.6 is 0 Å². The number of fused-ring (bicyclic) bond motifs is 1. The molecule has 0 bridgehead atoms. The van der Waals surface area contributed by atoms with Gasteiger partial charge in [0.15, 0.2) is 0 Å². The summed E-state index contributed by atoms with van der Waals surface area (Å²) in [5.41, 5.74) is 5.13. The molecule has 0 saturated carbocycles. The second-order valence-electron chi connectivity index (χ2n) is 7.76. The van der Waals surface area contributed by atoms with Gasteiger partial charge in [-0.15, -0.1) is 0 Å². The highest BCUT2D eigenvalue weighted by Crippen LogP contribution is 2.31. The van der Waals surface area contributed by atoms with Gasteiger partial charge < -0.3 is 9.80 Å². The molecule has 0 amide bonds. The van der Waals surface area contributed by atoms with Crippen LogP contribution in [0.3, 0.4) is 0 Å². The Morgan fingerprint density at radius 3 is 2.44 bits per heavy atom. The largest absolute Gasteiger partial charge is 0.353 e. The lowest BCUT2D eigenvalue weighted by Gasteiger charge is -2.36. The van der Waals surface area contributed by atoms with E-state index in [0.717, 1.165) is 71.1 Å². The van der Waals surface area contributed by atoms with Crippen LogP contribution in [-0.4, -0.2) is 61.5 Å². The molecule has 0 atom stereocenters. The zero-order chi connectivity index (χ0) is 21.3. The predicted octanol–water partition coefficient (Wildman–Crippen LogP) is 3.13. The van der Waals surface area contributed by atoms with Crippen LogP contribution in [-0.2, 0) is 0 Å². The Labute approximate surface area is 184 Å². The van der Waals surface area contributed by atoms with E-state index in [9.17, 15) is 0 Å². The third-order valence-corrected chi connectivity index (χ3v) is 5.91. The normalized spacial score (nSPS) is 14.2. The molecule has 1 aromatic carbocycles. The monoisotopic (exact) mass is 423 g/mol. The minimum absolute atomic E-state index is 0.881. The molecule has 1 aliphatic rings.